The highest BCUT2D eigenvalue weighted by Crippen LogP contribution is 1.97. The van der Waals surface area contributed by atoms with E-state index >= 15 is 0 Å². The van der Waals surface area contributed by atoms with Gasteiger partial charge in [-0.25, -0.2) is 5.11 Å². The first-order valence-corrected chi connectivity index (χ1v) is 4.03. The third kappa shape index (κ3) is 4.43. The van der Waals surface area contributed by atoms with Gasteiger partial charge in [0.15, 0.2) is 0 Å². The summed E-state index contributed by atoms with van der Waals surface area (Å²) >= 11 is 1.73. The van der Waals surface area contributed by atoms with Gasteiger partial charge < -0.3 is 5.73 Å². The molecule has 1 unspecified atom stereocenters. The lowest BCUT2D eigenvalue weighted by molar-refractivity contribution is 0.172. The van der Waals surface area contributed by atoms with Gasteiger partial charge in [0, 0.05) is 6.04 Å². The second-order valence-corrected chi connectivity index (χ2v) is 2.69. The summed E-state index contributed by atoms with van der Waals surface area (Å²) in [5.41, 5.74) is 5.33. The Morgan fingerprint density at radius 2 is 2.38 bits per heavy atom. The average Bonchev–Trinajstić information content (AvgIpc) is 1.83. The van der Waals surface area contributed by atoms with Crippen LogP contribution in [0.3, 0.4) is 0 Å². The lowest BCUT2D eigenvalue weighted by Crippen LogP contribution is -2.23. The van der Waals surface area contributed by atoms with Gasteiger partial charge >= 0.3 is 0 Å². The third-order valence-electron chi connectivity index (χ3n) is 0.907. The van der Waals surface area contributed by atoms with Crippen LogP contribution in [0.25, 0.3) is 0 Å². The Hall–Kier alpha value is 0.270. The Kier molecular flexibility index (Phi) is 5.59. The highest BCUT2D eigenvalue weighted by atomic mass is 32.2. The van der Waals surface area contributed by atoms with Crippen molar-refractivity contribution in [2.45, 2.75) is 12.5 Å². The SMILES string of the molecule is CSCCC(N)C[O]. The van der Waals surface area contributed by atoms with Gasteiger partial charge in [-0.05, 0) is 18.4 Å². The van der Waals surface area contributed by atoms with Crippen molar-refractivity contribution in [2.75, 3.05) is 18.6 Å². The summed E-state index contributed by atoms with van der Waals surface area (Å²) in [6.07, 6.45) is 2.86. The van der Waals surface area contributed by atoms with Crippen LogP contribution in [0.2, 0.25) is 0 Å². The van der Waals surface area contributed by atoms with E-state index in [2.05, 4.69) is 0 Å². The van der Waals surface area contributed by atoms with E-state index < -0.39 is 0 Å². The van der Waals surface area contributed by atoms with Crippen molar-refractivity contribution in [3.05, 3.63) is 0 Å². The normalized spacial score (nSPS) is 13.9. The Labute approximate surface area is 54.5 Å². The first-order valence-electron chi connectivity index (χ1n) is 2.64. The fourth-order valence-electron chi connectivity index (χ4n) is 0.353. The number of rotatable bonds is 4. The molecule has 2 N–H and O–H groups in total. The fraction of sp³-hybridized carbons (Fsp3) is 1.00. The quantitative estimate of drug-likeness (QED) is 0.608. The predicted molar refractivity (Wildman–Crippen MR) is 36.5 cm³/mol. The molecule has 49 valence electrons. The molecule has 3 heteroatoms. The van der Waals surface area contributed by atoms with Crippen LogP contribution < -0.4 is 5.73 Å². The van der Waals surface area contributed by atoms with Crippen molar-refractivity contribution in [2.24, 2.45) is 5.73 Å². The van der Waals surface area contributed by atoms with E-state index in [-0.39, 0.29) is 12.6 Å². The predicted octanol–water partition coefficient (Wildman–Crippen LogP) is 0.497. The highest BCUT2D eigenvalue weighted by molar-refractivity contribution is 7.98. The molecule has 0 aliphatic rings. The van der Waals surface area contributed by atoms with Gasteiger partial charge in [-0.2, -0.15) is 11.8 Å². The van der Waals surface area contributed by atoms with Crippen molar-refractivity contribution in [3.8, 4) is 0 Å². The molecule has 0 spiro atoms. The molecule has 0 saturated carbocycles. The van der Waals surface area contributed by atoms with Gasteiger partial charge in [-0.15, -0.1) is 0 Å². The molecule has 0 bridgehead atoms. The van der Waals surface area contributed by atoms with E-state index in [1.807, 2.05) is 6.26 Å². The van der Waals surface area contributed by atoms with E-state index in [0.29, 0.717) is 0 Å². The minimum atomic E-state index is -0.138. The monoisotopic (exact) mass is 134 g/mol. The molecule has 2 nitrogen and oxygen atoms in total. The molecule has 0 aromatic rings. The summed E-state index contributed by atoms with van der Waals surface area (Å²) in [5.74, 6) is 1.00. The molecule has 0 fully saturated rings. The molecular formula is C5H12NOS. The summed E-state index contributed by atoms with van der Waals surface area (Å²) in [6, 6.07) is -0.123. The summed E-state index contributed by atoms with van der Waals surface area (Å²) in [7, 11) is 0. The van der Waals surface area contributed by atoms with Crippen molar-refractivity contribution in [3.63, 3.8) is 0 Å². The molecule has 1 radical (unpaired) electrons. The van der Waals surface area contributed by atoms with Crippen LogP contribution in [0, 0.1) is 0 Å². The molecule has 0 aliphatic carbocycles. The van der Waals surface area contributed by atoms with Crippen LogP contribution in [0.5, 0.6) is 0 Å². The molecule has 0 amide bonds. The maximum atomic E-state index is 10.0. The maximum absolute atomic E-state index is 10.0. The van der Waals surface area contributed by atoms with E-state index in [1.54, 1.807) is 11.8 Å². The molecule has 8 heavy (non-hydrogen) atoms. The third-order valence-corrected chi connectivity index (χ3v) is 1.55. The van der Waals surface area contributed by atoms with Crippen LogP contribution >= 0.6 is 11.8 Å². The Balaban J connectivity index is 2.86. The second-order valence-electron chi connectivity index (χ2n) is 1.71. The number of hydrogen-bond acceptors (Lipinski definition) is 2. The fourth-order valence-corrected chi connectivity index (χ4v) is 0.891. The van der Waals surface area contributed by atoms with Crippen LogP contribution in [-0.4, -0.2) is 24.7 Å². The first kappa shape index (κ1) is 8.27. The largest absolute Gasteiger partial charge is 0.326 e. The van der Waals surface area contributed by atoms with Gasteiger partial charge in [-0.1, -0.05) is 0 Å². The molecule has 0 aromatic carbocycles. The molecule has 0 aliphatic heterocycles. The first-order chi connectivity index (χ1) is 3.81. The van der Waals surface area contributed by atoms with E-state index in [9.17, 15) is 5.11 Å². The van der Waals surface area contributed by atoms with Crippen LogP contribution in [0.15, 0.2) is 0 Å². The van der Waals surface area contributed by atoms with Crippen molar-refractivity contribution in [1.29, 1.82) is 0 Å². The molecule has 0 heterocycles. The van der Waals surface area contributed by atoms with E-state index in [1.165, 1.54) is 0 Å². The van der Waals surface area contributed by atoms with Crippen LogP contribution in [-0.2, 0) is 5.11 Å². The molecule has 0 aromatic heterocycles. The maximum Gasteiger partial charge on any atom is 0.0973 e. The average molecular weight is 134 g/mol. The van der Waals surface area contributed by atoms with E-state index in [0.717, 1.165) is 12.2 Å². The van der Waals surface area contributed by atoms with E-state index in [4.69, 9.17) is 5.73 Å². The standard InChI is InChI=1S/C5H12NOS/c1-8-3-2-5(6)4-7/h5H,2-4,6H2,1H3. The Bertz CT molecular complexity index is 51.7. The lowest BCUT2D eigenvalue weighted by atomic mass is 10.3. The van der Waals surface area contributed by atoms with Gasteiger partial charge in [0.2, 0.25) is 0 Å². The minimum absolute atomic E-state index is 0.123. The zero-order valence-electron chi connectivity index (χ0n) is 5.09. The van der Waals surface area contributed by atoms with Crippen molar-refractivity contribution in [1.82, 2.24) is 0 Å². The van der Waals surface area contributed by atoms with Crippen molar-refractivity contribution < 1.29 is 5.11 Å². The van der Waals surface area contributed by atoms with Gasteiger partial charge in [0.05, 0.1) is 6.61 Å². The van der Waals surface area contributed by atoms with Gasteiger partial charge in [-0.3, -0.25) is 0 Å². The summed E-state index contributed by atoms with van der Waals surface area (Å²) in [6.45, 7) is -0.138. The second kappa shape index (κ2) is 5.41. The van der Waals surface area contributed by atoms with Crippen LogP contribution in [0.1, 0.15) is 6.42 Å². The molecule has 0 saturated heterocycles. The van der Waals surface area contributed by atoms with Gasteiger partial charge in [0.1, 0.15) is 0 Å². The molecule has 0 rings (SSSR count). The number of nitrogens with two attached hydrogens (primary N) is 1. The zero-order chi connectivity index (χ0) is 6.41. The zero-order valence-corrected chi connectivity index (χ0v) is 5.91. The minimum Gasteiger partial charge on any atom is -0.326 e. The summed E-state index contributed by atoms with van der Waals surface area (Å²) in [4.78, 5) is 0. The number of hydrogen-bond donors (Lipinski definition) is 1. The molecular weight excluding hydrogens is 122 g/mol. The smallest absolute Gasteiger partial charge is 0.0973 e. The van der Waals surface area contributed by atoms with Gasteiger partial charge in [0.25, 0.3) is 0 Å². The highest BCUT2D eigenvalue weighted by Gasteiger charge is 1.97. The summed E-state index contributed by atoms with van der Waals surface area (Å²) in [5, 5.41) is 10.0. The molecule has 1 atom stereocenters. The summed E-state index contributed by atoms with van der Waals surface area (Å²) < 4.78 is 0. The topological polar surface area (TPSA) is 45.9 Å². The number of thioether (sulfide) groups is 1. The van der Waals surface area contributed by atoms with Crippen LogP contribution in [0.4, 0.5) is 0 Å². The lowest BCUT2D eigenvalue weighted by Gasteiger charge is -2.02. The van der Waals surface area contributed by atoms with Crippen molar-refractivity contribution >= 4 is 11.8 Å². The Morgan fingerprint density at radius 3 is 2.75 bits per heavy atom. The Morgan fingerprint density at radius 1 is 1.75 bits per heavy atom.